The highest BCUT2D eigenvalue weighted by Crippen LogP contribution is 2.41. The summed E-state index contributed by atoms with van der Waals surface area (Å²) in [6, 6.07) is 2.70. The topological polar surface area (TPSA) is 74.7 Å². The third kappa shape index (κ3) is 2.94. The fourth-order valence-corrected chi connectivity index (χ4v) is 3.45. The van der Waals surface area contributed by atoms with Gasteiger partial charge >= 0.3 is 0 Å². The van der Waals surface area contributed by atoms with Gasteiger partial charge in [0.05, 0.1) is 11.6 Å². The van der Waals surface area contributed by atoms with E-state index in [9.17, 15) is 28.3 Å². The number of benzene rings is 1. The van der Waals surface area contributed by atoms with E-state index in [-0.39, 0.29) is 42.1 Å². The van der Waals surface area contributed by atoms with Crippen LogP contribution < -0.4 is 4.90 Å². The summed E-state index contributed by atoms with van der Waals surface area (Å²) in [7, 11) is 0. The van der Waals surface area contributed by atoms with Gasteiger partial charge in [0.25, 0.3) is 0 Å². The molecule has 1 fully saturated rings. The molecule has 132 valence electrons. The van der Waals surface area contributed by atoms with Gasteiger partial charge in [0.1, 0.15) is 5.76 Å². The van der Waals surface area contributed by atoms with Crippen LogP contribution >= 0.6 is 0 Å². The number of rotatable bonds is 2. The number of allylic oxidation sites excluding steroid dienone is 1. The molecule has 0 spiro atoms. The molecule has 25 heavy (non-hydrogen) atoms. The van der Waals surface area contributed by atoms with E-state index in [1.165, 1.54) is 0 Å². The van der Waals surface area contributed by atoms with Gasteiger partial charge in [0.2, 0.25) is 11.8 Å². The van der Waals surface area contributed by atoms with E-state index in [0.29, 0.717) is 0 Å². The van der Waals surface area contributed by atoms with Crippen molar-refractivity contribution in [1.29, 1.82) is 0 Å². The number of hydrogen-bond donors (Lipinski definition) is 1. The van der Waals surface area contributed by atoms with Crippen LogP contribution in [0.15, 0.2) is 29.5 Å². The maximum atomic E-state index is 13.4. The zero-order chi connectivity index (χ0) is 18.5. The van der Waals surface area contributed by atoms with Crippen molar-refractivity contribution in [1.82, 2.24) is 0 Å². The van der Waals surface area contributed by atoms with E-state index in [2.05, 4.69) is 0 Å². The molecule has 0 saturated carbocycles. The molecule has 1 saturated heterocycles. The molecular weight excluding hydrogens is 332 g/mol. The Bertz CT molecular complexity index is 828. The Morgan fingerprint density at radius 1 is 1.12 bits per heavy atom. The third-order valence-electron chi connectivity index (χ3n) is 4.55. The zero-order valence-electron chi connectivity index (χ0n) is 13.8. The van der Waals surface area contributed by atoms with Crippen LogP contribution in [0, 0.1) is 23.0 Å². The monoisotopic (exact) mass is 349 g/mol. The summed E-state index contributed by atoms with van der Waals surface area (Å²) in [5, 5.41) is 10.2. The molecule has 1 aromatic carbocycles. The molecule has 1 aromatic rings. The fraction of sp³-hybridized carbons (Fsp3) is 0.389. The van der Waals surface area contributed by atoms with Crippen molar-refractivity contribution in [3.05, 3.63) is 41.2 Å². The molecular formula is C18H17F2NO4. The fourth-order valence-electron chi connectivity index (χ4n) is 3.45. The maximum absolute atomic E-state index is 13.4. The zero-order valence-corrected chi connectivity index (χ0v) is 13.8. The summed E-state index contributed by atoms with van der Waals surface area (Å²) in [5.41, 5.74) is -0.557. The molecule has 0 bridgehead atoms. The van der Waals surface area contributed by atoms with E-state index >= 15 is 0 Å². The first-order valence-electron chi connectivity index (χ1n) is 7.88. The van der Waals surface area contributed by atoms with Crippen LogP contribution in [0.25, 0.3) is 0 Å². The second-order valence-corrected chi connectivity index (χ2v) is 7.22. The second-order valence-electron chi connectivity index (χ2n) is 7.22. The van der Waals surface area contributed by atoms with Crippen molar-refractivity contribution in [2.75, 3.05) is 4.90 Å². The van der Waals surface area contributed by atoms with Crippen LogP contribution in [0.1, 0.15) is 33.1 Å². The van der Waals surface area contributed by atoms with E-state index in [1.54, 1.807) is 0 Å². The number of imide groups is 1. The molecule has 0 radical (unpaired) electrons. The van der Waals surface area contributed by atoms with Crippen LogP contribution in [-0.4, -0.2) is 22.7 Å². The molecule has 1 aliphatic heterocycles. The quantitative estimate of drug-likeness (QED) is 0.833. The lowest BCUT2D eigenvalue weighted by Crippen LogP contribution is -2.34. The lowest BCUT2D eigenvalue weighted by atomic mass is 9.73. The molecule has 5 nitrogen and oxygen atoms in total. The van der Waals surface area contributed by atoms with Crippen LogP contribution in [0.2, 0.25) is 0 Å². The Labute approximate surface area is 142 Å². The average molecular weight is 349 g/mol. The summed E-state index contributed by atoms with van der Waals surface area (Å²) in [6.45, 7) is 3.65. The highest BCUT2D eigenvalue weighted by atomic mass is 19.2. The van der Waals surface area contributed by atoms with Crippen molar-refractivity contribution in [3.8, 4) is 0 Å². The normalized spacial score (nSPS) is 23.6. The first-order valence-corrected chi connectivity index (χ1v) is 7.88. The number of aliphatic hydroxyl groups excluding tert-OH is 1. The first-order chi connectivity index (χ1) is 11.6. The second kappa shape index (κ2) is 5.75. The predicted octanol–water partition coefficient (Wildman–Crippen LogP) is 3.05. The number of Topliss-reactive ketones (excluding diaryl/α,β-unsaturated/α-hetero) is 1. The molecule has 2 aliphatic rings. The van der Waals surface area contributed by atoms with Gasteiger partial charge in [-0.2, -0.15) is 0 Å². The summed E-state index contributed by atoms with van der Waals surface area (Å²) >= 11 is 0. The molecule has 1 aliphatic carbocycles. The van der Waals surface area contributed by atoms with Gasteiger partial charge in [0.15, 0.2) is 17.4 Å². The van der Waals surface area contributed by atoms with Crippen molar-refractivity contribution >= 4 is 23.3 Å². The van der Waals surface area contributed by atoms with Crippen molar-refractivity contribution < 1.29 is 28.3 Å². The number of aliphatic hydroxyl groups is 1. The number of hydrogen-bond acceptors (Lipinski definition) is 4. The molecule has 2 amide bonds. The molecule has 1 atom stereocenters. The summed E-state index contributed by atoms with van der Waals surface area (Å²) in [6.07, 6.45) is 0.107. The SMILES string of the molecule is CC1(C)CC(=O)C([C@H]2CC(=O)N(c3ccc(F)c(F)c3)C2=O)=C(O)C1. The van der Waals surface area contributed by atoms with Gasteiger partial charge in [-0.1, -0.05) is 13.8 Å². The summed E-state index contributed by atoms with van der Waals surface area (Å²) in [5.74, 6) is -5.26. The van der Waals surface area contributed by atoms with Gasteiger partial charge in [-0.15, -0.1) is 0 Å². The minimum atomic E-state index is -1.18. The largest absolute Gasteiger partial charge is 0.512 e. The number of ketones is 1. The Balaban J connectivity index is 1.96. The Morgan fingerprint density at radius 2 is 1.80 bits per heavy atom. The van der Waals surface area contributed by atoms with Gasteiger partial charge in [-0.3, -0.25) is 14.4 Å². The Kier molecular flexibility index (Phi) is 3.97. The van der Waals surface area contributed by atoms with Crippen LogP contribution in [0.4, 0.5) is 14.5 Å². The lowest BCUT2D eigenvalue weighted by Gasteiger charge is -2.30. The standard InChI is InChI=1S/C18H17F2NO4/c1-18(2)7-13(22)16(14(23)8-18)10-6-15(24)21(17(10)25)9-3-4-11(19)12(20)5-9/h3-5,10,22H,6-8H2,1-2H3/t10-/m1/s1. The number of carbonyl (C=O) groups is 3. The summed E-state index contributed by atoms with van der Waals surface area (Å²) < 4.78 is 26.5. The summed E-state index contributed by atoms with van der Waals surface area (Å²) in [4.78, 5) is 38.0. The van der Waals surface area contributed by atoms with Crippen LogP contribution in [0.5, 0.6) is 0 Å². The lowest BCUT2D eigenvalue weighted by molar-refractivity contribution is -0.124. The predicted molar refractivity (Wildman–Crippen MR) is 84.6 cm³/mol. The van der Waals surface area contributed by atoms with Gasteiger partial charge in [0, 0.05) is 30.9 Å². The van der Waals surface area contributed by atoms with Crippen molar-refractivity contribution in [2.24, 2.45) is 11.3 Å². The highest BCUT2D eigenvalue weighted by molar-refractivity contribution is 6.24. The van der Waals surface area contributed by atoms with Crippen molar-refractivity contribution in [2.45, 2.75) is 33.1 Å². The number of carbonyl (C=O) groups excluding carboxylic acids is 3. The number of nitrogens with zero attached hydrogens (tertiary/aromatic N) is 1. The molecule has 1 heterocycles. The van der Waals surface area contributed by atoms with Crippen LogP contribution in [0.3, 0.4) is 0 Å². The van der Waals surface area contributed by atoms with Crippen LogP contribution in [-0.2, 0) is 14.4 Å². The Hall–Kier alpha value is -2.57. The highest BCUT2D eigenvalue weighted by Gasteiger charge is 2.47. The van der Waals surface area contributed by atoms with E-state index in [4.69, 9.17) is 0 Å². The number of anilines is 1. The van der Waals surface area contributed by atoms with Gasteiger partial charge in [-0.05, 0) is 17.5 Å². The third-order valence-corrected chi connectivity index (χ3v) is 4.55. The van der Waals surface area contributed by atoms with E-state index < -0.39 is 34.8 Å². The molecule has 1 N–H and O–H groups in total. The Morgan fingerprint density at radius 3 is 2.40 bits per heavy atom. The number of halogens is 2. The van der Waals surface area contributed by atoms with Crippen molar-refractivity contribution in [3.63, 3.8) is 0 Å². The molecule has 3 rings (SSSR count). The van der Waals surface area contributed by atoms with E-state index in [1.807, 2.05) is 13.8 Å². The minimum Gasteiger partial charge on any atom is -0.512 e. The first kappa shape index (κ1) is 17.3. The van der Waals surface area contributed by atoms with Gasteiger partial charge in [-0.25, -0.2) is 13.7 Å². The van der Waals surface area contributed by atoms with E-state index in [0.717, 1.165) is 23.1 Å². The number of amides is 2. The van der Waals surface area contributed by atoms with Gasteiger partial charge < -0.3 is 5.11 Å². The molecule has 0 unspecified atom stereocenters. The average Bonchev–Trinajstić information content (AvgIpc) is 2.75. The molecule has 0 aromatic heterocycles. The smallest absolute Gasteiger partial charge is 0.242 e. The molecule has 7 heteroatoms. The minimum absolute atomic E-state index is 0.0391. The maximum Gasteiger partial charge on any atom is 0.242 e.